The molecule has 0 aromatic heterocycles. The van der Waals surface area contributed by atoms with Gasteiger partial charge in [0, 0.05) is 0 Å². The smallest absolute Gasteiger partial charge is 0.375 e. The second-order valence-corrected chi connectivity index (χ2v) is 8.10. The minimum Gasteiger partial charge on any atom is -0.375 e. The van der Waals surface area contributed by atoms with Crippen LogP contribution in [0.15, 0.2) is 36.4 Å². The Labute approximate surface area is 185 Å². The van der Waals surface area contributed by atoms with Gasteiger partial charge in [-0.2, -0.15) is 61.1 Å². The monoisotopic (exact) mass is 556 g/mol. The molecular weight excluding hydrogens is 550 g/mol. The van der Waals surface area contributed by atoms with E-state index < -0.39 is 73.6 Å². The zero-order valence-corrected chi connectivity index (χ0v) is 16.7. The van der Waals surface area contributed by atoms with E-state index in [-0.39, 0.29) is 18.2 Å². The first-order valence-corrected chi connectivity index (χ1v) is 9.69. The Morgan fingerprint density at radius 3 is 1.74 bits per heavy atom. The quantitative estimate of drug-likeness (QED) is 0.291. The van der Waals surface area contributed by atoms with Crippen LogP contribution in [0.2, 0.25) is 0 Å². The first-order valence-electron chi connectivity index (χ1n) is 8.29. The van der Waals surface area contributed by atoms with Crippen LogP contribution in [0.1, 0.15) is 5.56 Å². The first-order chi connectivity index (χ1) is 15.5. The Balaban J connectivity index is 2.61. The van der Waals surface area contributed by atoms with Gasteiger partial charge in [0.15, 0.2) is 11.6 Å². The van der Waals surface area contributed by atoms with Gasteiger partial charge in [0.05, 0.1) is 11.1 Å². The zero-order chi connectivity index (χ0) is 27.4. The van der Waals surface area contributed by atoms with E-state index in [2.05, 4.69) is 4.18 Å². The third-order valence-corrected chi connectivity index (χ3v) is 5.45. The third kappa shape index (κ3) is 4.71. The van der Waals surface area contributed by atoms with Crippen molar-refractivity contribution in [3.8, 4) is 16.9 Å². The fourth-order valence-corrected chi connectivity index (χ4v) is 3.31. The third-order valence-electron chi connectivity index (χ3n) is 4.16. The number of halogens is 14. The molecule has 3 nitrogen and oxygen atoms in total. The van der Waals surface area contributed by atoms with Crippen LogP contribution in [-0.2, 0) is 16.3 Å². The summed E-state index contributed by atoms with van der Waals surface area (Å²) >= 11 is 0. The van der Waals surface area contributed by atoms with Crippen LogP contribution in [-0.4, -0.2) is 31.7 Å². The van der Waals surface area contributed by atoms with E-state index in [4.69, 9.17) is 0 Å². The molecule has 35 heavy (non-hydrogen) atoms. The van der Waals surface area contributed by atoms with Crippen molar-refractivity contribution in [2.75, 3.05) is 0 Å². The Bertz CT molecular complexity index is 1220. The maximum absolute atomic E-state index is 14.6. The first kappa shape index (κ1) is 28.4. The van der Waals surface area contributed by atoms with E-state index >= 15 is 0 Å². The highest BCUT2D eigenvalue weighted by molar-refractivity contribution is 7.88. The zero-order valence-electron chi connectivity index (χ0n) is 15.9. The summed E-state index contributed by atoms with van der Waals surface area (Å²) < 4.78 is 210. The molecule has 0 spiro atoms. The van der Waals surface area contributed by atoms with Crippen LogP contribution in [0, 0.1) is 11.6 Å². The Morgan fingerprint density at radius 2 is 1.26 bits per heavy atom. The molecule has 0 fully saturated rings. The molecule has 196 valence electrons. The van der Waals surface area contributed by atoms with Crippen molar-refractivity contribution in [1.29, 1.82) is 0 Å². The second kappa shape index (κ2) is 8.41. The Hall–Kier alpha value is -2.79. The second-order valence-electron chi connectivity index (χ2n) is 6.51. The molecule has 0 saturated heterocycles. The fraction of sp³-hybridized carbons (Fsp3) is 0.294. The number of alkyl halides is 12. The van der Waals surface area contributed by atoms with Gasteiger partial charge in [-0.05, 0) is 29.8 Å². The summed E-state index contributed by atoms with van der Waals surface area (Å²) in [5, 5.41) is -7.35. The highest BCUT2D eigenvalue weighted by atomic mass is 32.2. The minimum absolute atomic E-state index is 0.00410. The highest BCUT2D eigenvalue weighted by Crippen LogP contribution is 2.55. The lowest BCUT2D eigenvalue weighted by Gasteiger charge is -2.32. The van der Waals surface area contributed by atoms with Crippen LogP contribution >= 0.6 is 0 Å². The summed E-state index contributed by atoms with van der Waals surface area (Å²) in [6.45, 7) is 0. The number of hydrogen-bond donors (Lipinski definition) is 0. The maximum atomic E-state index is 14.6. The van der Waals surface area contributed by atoms with E-state index in [1.54, 1.807) is 0 Å². The molecular formula is C17H6F14O3S. The molecule has 0 unspecified atom stereocenters. The molecule has 0 aliphatic carbocycles. The van der Waals surface area contributed by atoms with Crippen molar-refractivity contribution in [3.05, 3.63) is 53.6 Å². The van der Waals surface area contributed by atoms with Crippen LogP contribution in [0.5, 0.6) is 5.75 Å². The SMILES string of the molecule is O=S(=O)(Oc1ccc(F)c(-c2cccc(C(F)(F)F)c2)c1F)C(F)(F)C(F)(F)C(F)(F)C(F)(F)F. The molecule has 0 bridgehead atoms. The average Bonchev–Trinajstić information content (AvgIpc) is 2.68. The van der Waals surface area contributed by atoms with Crippen molar-refractivity contribution in [1.82, 2.24) is 0 Å². The Kier molecular flexibility index (Phi) is 6.83. The van der Waals surface area contributed by atoms with Gasteiger partial charge in [-0.3, -0.25) is 0 Å². The summed E-state index contributed by atoms with van der Waals surface area (Å²) in [6, 6.07) is 1.58. The summed E-state index contributed by atoms with van der Waals surface area (Å²) in [6.07, 6.45) is -12.5. The van der Waals surface area contributed by atoms with Gasteiger partial charge in [-0.25, -0.2) is 8.78 Å². The van der Waals surface area contributed by atoms with E-state index in [1.807, 2.05) is 0 Å². The summed E-state index contributed by atoms with van der Waals surface area (Å²) in [7, 11) is -7.59. The Morgan fingerprint density at radius 1 is 0.714 bits per heavy atom. The maximum Gasteiger partial charge on any atom is 0.460 e. The molecule has 0 heterocycles. The van der Waals surface area contributed by atoms with E-state index in [0.29, 0.717) is 18.2 Å². The van der Waals surface area contributed by atoms with Gasteiger partial charge < -0.3 is 4.18 Å². The summed E-state index contributed by atoms with van der Waals surface area (Å²) in [5.74, 6) is -21.6. The molecule has 2 aromatic carbocycles. The van der Waals surface area contributed by atoms with Crippen molar-refractivity contribution in [2.45, 2.75) is 29.5 Å². The molecule has 0 amide bonds. The van der Waals surface area contributed by atoms with Gasteiger partial charge in [0.25, 0.3) is 0 Å². The summed E-state index contributed by atoms with van der Waals surface area (Å²) in [4.78, 5) is 0. The van der Waals surface area contributed by atoms with Gasteiger partial charge in [0.2, 0.25) is 0 Å². The molecule has 0 aliphatic heterocycles. The molecule has 2 aromatic rings. The van der Waals surface area contributed by atoms with Crippen molar-refractivity contribution in [2.24, 2.45) is 0 Å². The average molecular weight is 556 g/mol. The van der Waals surface area contributed by atoms with Crippen LogP contribution in [0.25, 0.3) is 11.1 Å². The molecule has 0 saturated carbocycles. The topological polar surface area (TPSA) is 43.4 Å². The lowest BCUT2D eigenvalue weighted by atomic mass is 10.0. The predicted octanol–water partition coefficient (Wildman–Crippen LogP) is 6.78. The summed E-state index contributed by atoms with van der Waals surface area (Å²) in [5.41, 5.74) is -4.08. The minimum atomic E-state index is -7.70. The van der Waals surface area contributed by atoms with Crippen LogP contribution < -0.4 is 4.18 Å². The molecule has 0 aliphatic rings. The van der Waals surface area contributed by atoms with Gasteiger partial charge in [-0.15, -0.1) is 0 Å². The normalized spacial score (nSPS) is 14.2. The van der Waals surface area contributed by atoms with E-state index in [1.165, 1.54) is 0 Å². The van der Waals surface area contributed by atoms with Gasteiger partial charge in [-0.1, -0.05) is 12.1 Å². The van der Waals surface area contributed by atoms with Crippen molar-refractivity contribution in [3.63, 3.8) is 0 Å². The fourth-order valence-electron chi connectivity index (χ4n) is 2.40. The predicted molar refractivity (Wildman–Crippen MR) is 87.2 cm³/mol. The van der Waals surface area contributed by atoms with Crippen LogP contribution in [0.4, 0.5) is 61.5 Å². The van der Waals surface area contributed by atoms with Crippen molar-refractivity contribution < 1.29 is 74.1 Å². The number of rotatable bonds is 6. The lowest BCUT2D eigenvalue weighted by Crippen LogP contribution is -2.63. The van der Waals surface area contributed by atoms with E-state index in [9.17, 15) is 69.9 Å². The highest BCUT2D eigenvalue weighted by Gasteiger charge is 2.86. The standard InChI is InChI=1S/C17H6F14O3S/c18-9-4-5-10(12(19)11(9)7-2-1-3-8(6-7)13(20,21)22)34-35(32,33)17(30,31)15(25,26)14(23,24)16(27,28)29/h1-6H. The molecule has 0 N–H and O–H groups in total. The molecule has 18 heteroatoms. The van der Waals surface area contributed by atoms with Crippen molar-refractivity contribution >= 4 is 10.1 Å². The van der Waals surface area contributed by atoms with Gasteiger partial charge >= 0.3 is 39.6 Å². The number of hydrogen-bond acceptors (Lipinski definition) is 3. The molecule has 2 rings (SSSR count). The van der Waals surface area contributed by atoms with Gasteiger partial charge in [0.1, 0.15) is 5.82 Å². The molecule has 0 radical (unpaired) electrons. The number of benzene rings is 2. The largest absolute Gasteiger partial charge is 0.460 e. The van der Waals surface area contributed by atoms with Crippen LogP contribution in [0.3, 0.4) is 0 Å². The molecule has 0 atom stereocenters. The lowest BCUT2D eigenvalue weighted by molar-refractivity contribution is -0.382. The van der Waals surface area contributed by atoms with E-state index in [0.717, 1.165) is 0 Å².